The van der Waals surface area contributed by atoms with Crippen molar-refractivity contribution in [1.29, 1.82) is 0 Å². The van der Waals surface area contributed by atoms with E-state index in [0.29, 0.717) is 3.95 Å². The fourth-order valence-corrected chi connectivity index (χ4v) is 1.23. The Hall–Kier alpha value is -0.420. The Labute approximate surface area is 54.6 Å². The summed E-state index contributed by atoms with van der Waals surface area (Å²) in [6.07, 6.45) is 0. The zero-order valence-electron chi connectivity index (χ0n) is 4.17. The van der Waals surface area contributed by atoms with E-state index in [0.717, 1.165) is 11.3 Å². The Balaban J connectivity index is 3.59. The third kappa shape index (κ3) is 0.873. The summed E-state index contributed by atoms with van der Waals surface area (Å²) in [6, 6.07) is 0. The Bertz CT molecular complexity index is 280. The van der Waals surface area contributed by atoms with Crippen LogP contribution in [-0.4, -0.2) is 9.78 Å². The predicted octanol–water partition coefficient (Wildman–Crippen LogP) is 0.504. The molecule has 1 rings (SSSR count). The lowest BCUT2D eigenvalue weighted by Gasteiger charge is -1.78. The van der Waals surface area contributed by atoms with E-state index in [2.05, 4.69) is 17.3 Å². The largest absolute Gasteiger partial charge is 0.324 e. The molecule has 0 atom stereocenters. The van der Waals surface area contributed by atoms with Crippen LogP contribution in [0.25, 0.3) is 0 Å². The van der Waals surface area contributed by atoms with Gasteiger partial charge in [-0.25, -0.2) is 4.68 Å². The first-order valence-corrected chi connectivity index (χ1v) is 3.19. The first kappa shape index (κ1) is 5.71. The number of hydrogen-bond donors (Lipinski definition) is 1. The third-order valence-electron chi connectivity index (χ3n) is 0.713. The van der Waals surface area contributed by atoms with Gasteiger partial charge in [0.2, 0.25) is 0 Å². The van der Waals surface area contributed by atoms with Gasteiger partial charge in [-0.1, -0.05) is 0 Å². The smallest absolute Gasteiger partial charge is 0.276 e. The zero-order valence-corrected chi connectivity index (χ0v) is 5.80. The van der Waals surface area contributed by atoms with Gasteiger partial charge in [-0.15, -0.1) is 0 Å². The van der Waals surface area contributed by atoms with Crippen molar-refractivity contribution < 1.29 is 0 Å². The molecule has 0 aliphatic heterocycles. The van der Waals surface area contributed by atoms with Gasteiger partial charge < -0.3 is 0 Å². The maximum absolute atomic E-state index is 10.5. The van der Waals surface area contributed by atoms with Crippen LogP contribution < -0.4 is 4.87 Å². The number of aromatic amines is 1. The second kappa shape index (κ2) is 1.83. The van der Waals surface area contributed by atoms with Gasteiger partial charge in [0, 0.05) is 7.05 Å². The summed E-state index contributed by atoms with van der Waals surface area (Å²) in [5.74, 6) is 0. The molecule has 1 aromatic heterocycles. The molecule has 0 aliphatic rings. The second-order valence-corrected chi connectivity index (χ2v) is 2.95. The molecule has 1 heterocycles. The van der Waals surface area contributed by atoms with Crippen LogP contribution in [0, 0.1) is 3.95 Å². The van der Waals surface area contributed by atoms with Crippen LogP contribution >= 0.6 is 23.6 Å². The highest BCUT2D eigenvalue weighted by atomic mass is 32.1. The molecule has 0 spiro atoms. The van der Waals surface area contributed by atoms with Crippen LogP contribution in [0.1, 0.15) is 0 Å². The van der Waals surface area contributed by atoms with Crippen molar-refractivity contribution >= 4 is 23.6 Å². The Kier molecular flexibility index (Phi) is 1.31. The van der Waals surface area contributed by atoms with Gasteiger partial charge in [-0.2, -0.15) is 0 Å². The van der Waals surface area contributed by atoms with Crippen LogP contribution in [0.4, 0.5) is 0 Å². The van der Waals surface area contributed by atoms with Gasteiger partial charge in [-0.3, -0.25) is 9.89 Å². The summed E-state index contributed by atoms with van der Waals surface area (Å²) < 4.78 is 1.88. The van der Waals surface area contributed by atoms with Crippen molar-refractivity contribution in [2.75, 3.05) is 0 Å². The number of nitrogens with zero attached hydrogens (tertiary/aromatic N) is 1. The molecule has 44 valence electrons. The zero-order chi connectivity index (χ0) is 6.15. The molecule has 0 aromatic carbocycles. The number of nitrogens with one attached hydrogen (secondary N) is 1. The second-order valence-electron chi connectivity index (χ2n) is 1.33. The van der Waals surface area contributed by atoms with Crippen LogP contribution in [0.2, 0.25) is 0 Å². The summed E-state index contributed by atoms with van der Waals surface area (Å²) in [4.78, 5) is 10.5. The van der Waals surface area contributed by atoms with E-state index in [1.54, 1.807) is 7.05 Å². The van der Waals surface area contributed by atoms with E-state index in [1.807, 2.05) is 0 Å². The first-order chi connectivity index (χ1) is 3.70. The minimum Gasteiger partial charge on any atom is -0.276 e. The predicted molar refractivity (Wildman–Crippen MR) is 34.7 cm³/mol. The van der Waals surface area contributed by atoms with Crippen LogP contribution in [0.5, 0.6) is 0 Å². The minimum atomic E-state index is -0.0463. The molecule has 3 nitrogen and oxygen atoms in total. The molecule has 0 saturated carbocycles. The molecular weight excluding hydrogens is 144 g/mol. The number of aromatic nitrogens is 2. The Morgan fingerprint density at radius 2 is 2.50 bits per heavy atom. The molecule has 5 heteroatoms. The van der Waals surface area contributed by atoms with E-state index >= 15 is 0 Å². The monoisotopic (exact) mass is 148 g/mol. The number of rotatable bonds is 0. The lowest BCUT2D eigenvalue weighted by molar-refractivity contribution is 0.738. The van der Waals surface area contributed by atoms with Gasteiger partial charge in [0.25, 0.3) is 0 Å². The molecule has 1 aromatic rings. The molecule has 0 amide bonds. The van der Waals surface area contributed by atoms with Gasteiger partial charge in [0.1, 0.15) is 0 Å². The maximum Gasteiger partial charge on any atom is 0.324 e. The van der Waals surface area contributed by atoms with Gasteiger partial charge in [0.05, 0.1) is 0 Å². The fourth-order valence-electron chi connectivity index (χ4n) is 0.353. The third-order valence-corrected chi connectivity index (χ3v) is 1.78. The molecule has 0 radical (unpaired) electrons. The highest BCUT2D eigenvalue weighted by Crippen LogP contribution is 1.84. The quantitative estimate of drug-likeness (QED) is 0.544. The lowest BCUT2D eigenvalue weighted by atomic mass is 11.3. The number of hydrogen-bond acceptors (Lipinski definition) is 3. The summed E-state index contributed by atoms with van der Waals surface area (Å²) >= 11 is 5.70. The fraction of sp³-hybridized carbons (Fsp3) is 0.333. The molecular formula is C3H4N2OS2. The van der Waals surface area contributed by atoms with Gasteiger partial charge in [0.15, 0.2) is 3.95 Å². The molecule has 1 N–H and O–H groups in total. The van der Waals surface area contributed by atoms with Crippen LogP contribution in [-0.2, 0) is 7.05 Å². The van der Waals surface area contributed by atoms with Crippen molar-refractivity contribution in [2.45, 2.75) is 0 Å². The molecule has 0 aliphatic carbocycles. The molecule has 0 unspecified atom stereocenters. The van der Waals surface area contributed by atoms with Crippen molar-refractivity contribution in [3.05, 3.63) is 13.6 Å². The Morgan fingerprint density at radius 3 is 2.62 bits per heavy atom. The van der Waals surface area contributed by atoms with Gasteiger partial charge in [-0.05, 0) is 23.6 Å². The van der Waals surface area contributed by atoms with E-state index < -0.39 is 0 Å². The normalized spacial score (nSPS) is 9.62. The van der Waals surface area contributed by atoms with E-state index in [-0.39, 0.29) is 4.87 Å². The van der Waals surface area contributed by atoms with Crippen molar-refractivity contribution in [1.82, 2.24) is 9.78 Å². The highest BCUT2D eigenvalue weighted by Gasteiger charge is 1.87. The van der Waals surface area contributed by atoms with E-state index in [4.69, 9.17) is 0 Å². The van der Waals surface area contributed by atoms with Crippen molar-refractivity contribution in [3.63, 3.8) is 0 Å². The van der Waals surface area contributed by atoms with E-state index in [9.17, 15) is 4.79 Å². The number of aryl methyl sites for hydroxylation is 1. The SMILES string of the molecule is Cn1[nH]c(=S)sc1=O. The molecule has 0 fully saturated rings. The highest BCUT2D eigenvalue weighted by molar-refractivity contribution is 7.73. The average molecular weight is 148 g/mol. The summed E-state index contributed by atoms with van der Waals surface area (Å²) in [6.45, 7) is 0. The van der Waals surface area contributed by atoms with Crippen LogP contribution in [0.3, 0.4) is 0 Å². The molecule has 8 heavy (non-hydrogen) atoms. The molecule has 0 saturated heterocycles. The summed E-state index contributed by atoms with van der Waals surface area (Å²) in [5.41, 5.74) is 0. The lowest BCUT2D eigenvalue weighted by Crippen LogP contribution is -2.08. The number of H-pyrrole nitrogens is 1. The van der Waals surface area contributed by atoms with Gasteiger partial charge >= 0.3 is 4.87 Å². The minimum absolute atomic E-state index is 0.0463. The van der Waals surface area contributed by atoms with Crippen molar-refractivity contribution in [2.24, 2.45) is 7.05 Å². The standard InChI is InChI=1S/C3H4N2OS2/c1-5-3(6)8-2(7)4-5/h1H3,(H,4,7). The first-order valence-electron chi connectivity index (χ1n) is 1.96. The summed E-state index contributed by atoms with van der Waals surface area (Å²) in [7, 11) is 1.63. The summed E-state index contributed by atoms with van der Waals surface area (Å²) in [5, 5.41) is 2.64. The van der Waals surface area contributed by atoms with E-state index in [1.165, 1.54) is 4.68 Å². The molecule has 0 bridgehead atoms. The maximum atomic E-state index is 10.5. The van der Waals surface area contributed by atoms with Crippen LogP contribution in [0.15, 0.2) is 4.79 Å². The average Bonchev–Trinajstić information content (AvgIpc) is 1.85. The van der Waals surface area contributed by atoms with Crippen molar-refractivity contribution in [3.8, 4) is 0 Å². The topological polar surface area (TPSA) is 37.8 Å². The Morgan fingerprint density at radius 1 is 1.88 bits per heavy atom.